The lowest BCUT2D eigenvalue weighted by molar-refractivity contribution is 0.102. The Labute approximate surface area is 109 Å². The molecule has 0 saturated heterocycles. The summed E-state index contributed by atoms with van der Waals surface area (Å²) in [5.74, 6) is 0.805. The molecule has 0 aromatic heterocycles. The zero-order valence-corrected chi connectivity index (χ0v) is 10.9. The van der Waals surface area contributed by atoms with Crippen LogP contribution in [0.3, 0.4) is 0 Å². The van der Waals surface area contributed by atoms with E-state index in [1.54, 1.807) is 7.11 Å². The molecule has 0 aliphatic heterocycles. The van der Waals surface area contributed by atoms with E-state index in [0.29, 0.717) is 11.3 Å². The number of rotatable bonds is 3. The van der Waals surface area contributed by atoms with E-state index in [4.69, 9.17) is 4.74 Å². The van der Waals surface area contributed by atoms with Gasteiger partial charge in [0.05, 0.1) is 12.7 Å². The van der Waals surface area contributed by atoms with Crippen LogP contribution in [0.5, 0.6) is 5.75 Å². The summed E-state index contributed by atoms with van der Waals surface area (Å²) in [5.41, 5.74) is 1.64. The van der Waals surface area contributed by atoms with Gasteiger partial charge in [0.25, 0.3) is 0 Å². The molecule has 2 rings (SSSR count). The predicted octanol–water partition coefficient (Wildman–Crippen LogP) is 4.16. The SMILES string of the molecule is COc1ccccc1C(=O)/C1=C/CCCCCC1. The Kier molecular flexibility index (Phi) is 4.57. The van der Waals surface area contributed by atoms with Gasteiger partial charge in [0, 0.05) is 0 Å². The van der Waals surface area contributed by atoms with Crippen molar-refractivity contribution in [1.82, 2.24) is 0 Å². The first-order chi connectivity index (χ1) is 8.83. The molecule has 0 radical (unpaired) electrons. The highest BCUT2D eigenvalue weighted by Crippen LogP contribution is 2.25. The second-order valence-corrected chi connectivity index (χ2v) is 4.71. The third-order valence-electron chi connectivity index (χ3n) is 3.43. The highest BCUT2D eigenvalue weighted by atomic mass is 16.5. The fourth-order valence-corrected chi connectivity index (χ4v) is 2.40. The lowest BCUT2D eigenvalue weighted by atomic mass is 9.94. The molecule has 0 unspecified atom stereocenters. The monoisotopic (exact) mass is 244 g/mol. The number of hydrogen-bond donors (Lipinski definition) is 0. The molecule has 18 heavy (non-hydrogen) atoms. The Balaban J connectivity index is 2.23. The van der Waals surface area contributed by atoms with E-state index >= 15 is 0 Å². The third kappa shape index (κ3) is 3.00. The first kappa shape index (κ1) is 12.9. The number of benzene rings is 1. The number of ether oxygens (including phenoxy) is 1. The van der Waals surface area contributed by atoms with Crippen molar-refractivity contribution in [1.29, 1.82) is 0 Å². The Morgan fingerprint density at radius 3 is 2.72 bits per heavy atom. The van der Waals surface area contributed by atoms with Gasteiger partial charge >= 0.3 is 0 Å². The molecule has 0 fully saturated rings. The second kappa shape index (κ2) is 6.39. The number of methoxy groups -OCH3 is 1. The van der Waals surface area contributed by atoms with Crippen molar-refractivity contribution < 1.29 is 9.53 Å². The fourth-order valence-electron chi connectivity index (χ4n) is 2.40. The minimum atomic E-state index is 0.134. The minimum absolute atomic E-state index is 0.134. The number of ketones is 1. The molecule has 0 spiro atoms. The van der Waals surface area contributed by atoms with Crippen LogP contribution in [0.1, 0.15) is 48.9 Å². The summed E-state index contributed by atoms with van der Waals surface area (Å²) in [4.78, 5) is 12.5. The summed E-state index contributed by atoms with van der Waals surface area (Å²) in [6.45, 7) is 0. The molecule has 2 nitrogen and oxygen atoms in total. The Hall–Kier alpha value is -1.57. The minimum Gasteiger partial charge on any atom is -0.496 e. The normalized spacial score (nSPS) is 19.3. The van der Waals surface area contributed by atoms with E-state index < -0.39 is 0 Å². The number of hydrogen-bond acceptors (Lipinski definition) is 2. The predicted molar refractivity (Wildman–Crippen MR) is 73.1 cm³/mol. The maximum Gasteiger partial charge on any atom is 0.192 e. The Bertz CT molecular complexity index is 446. The van der Waals surface area contributed by atoms with Gasteiger partial charge in [0.15, 0.2) is 5.78 Å². The van der Waals surface area contributed by atoms with Crippen LogP contribution in [-0.2, 0) is 0 Å². The molecule has 0 N–H and O–H groups in total. The molecule has 0 amide bonds. The Morgan fingerprint density at radius 1 is 1.11 bits per heavy atom. The summed E-state index contributed by atoms with van der Waals surface area (Å²) in [5, 5.41) is 0. The average molecular weight is 244 g/mol. The fraction of sp³-hybridized carbons (Fsp3) is 0.438. The number of carbonyl (C=O) groups is 1. The molecule has 0 heterocycles. The zero-order chi connectivity index (χ0) is 12.8. The smallest absolute Gasteiger partial charge is 0.192 e. The van der Waals surface area contributed by atoms with Gasteiger partial charge in [-0.3, -0.25) is 4.79 Å². The van der Waals surface area contributed by atoms with Gasteiger partial charge in [0.1, 0.15) is 5.75 Å². The lowest BCUT2D eigenvalue weighted by Crippen LogP contribution is -2.07. The van der Waals surface area contributed by atoms with E-state index in [2.05, 4.69) is 6.08 Å². The van der Waals surface area contributed by atoms with Crippen LogP contribution in [-0.4, -0.2) is 12.9 Å². The quantitative estimate of drug-likeness (QED) is 0.746. The topological polar surface area (TPSA) is 26.3 Å². The van der Waals surface area contributed by atoms with Crippen molar-refractivity contribution in [2.45, 2.75) is 38.5 Å². The molecule has 1 aliphatic carbocycles. The highest BCUT2D eigenvalue weighted by molar-refractivity contribution is 6.10. The van der Waals surface area contributed by atoms with Crippen LogP contribution in [0.4, 0.5) is 0 Å². The maximum absolute atomic E-state index is 12.5. The number of allylic oxidation sites excluding steroid dienone is 2. The van der Waals surface area contributed by atoms with Crippen LogP contribution >= 0.6 is 0 Å². The molecule has 0 bridgehead atoms. The second-order valence-electron chi connectivity index (χ2n) is 4.71. The Morgan fingerprint density at radius 2 is 1.89 bits per heavy atom. The molecule has 2 heteroatoms. The van der Waals surface area contributed by atoms with Crippen molar-refractivity contribution in [3.05, 3.63) is 41.5 Å². The first-order valence-electron chi connectivity index (χ1n) is 6.69. The maximum atomic E-state index is 12.5. The van der Waals surface area contributed by atoms with Crippen LogP contribution in [0.15, 0.2) is 35.9 Å². The molecule has 1 aromatic rings. The van der Waals surface area contributed by atoms with Gasteiger partial charge in [-0.1, -0.05) is 31.1 Å². The summed E-state index contributed by atoms with van der Waals surface area (Å²) < 4.78 is 5.27. The standard InChI is InChI=1S/C16H20O2/c1-18-15-12-8-7-11-14(15)16(17)13-9-5-3-2-4-6-10-13/h7-9,11-12H,2-6,10H2,1H3/b13-9+. The van der Waals surface area contributed by atoms with Gasteiger partial charge in [-0.15, -0.1) is 0 Å². The number of Topliss-reactive ketones (excluding diaryl/α,β-unsaturated/α-hetero) is 1. The van der Waals surface area contributed by atoms with E-state index in [9.17, 15) is 4.79 Å². The zero-order valence-electron chi connectivity index (χ0n) is 10.9. The highest BCUT2D eigenvalue weighted by Gasteiger charge is 2.16. The van der Waals surface area contributed by atoms with Gasteiger partial charge in [-0.25, -0.2) is 0 Å². The van der Waals surface area contributed by atoms with Gasteiger partial charge in [-0.05, 0) is 43.4 Å². The van der Waals surface area contributed by atoms with Crippen molar-refractivity contribution in [3.63, 3.8) is 0 Å². The summed E-state index contributed by atoms with van der Waals surface area (Å²) in [6.07, 6.45) is 8.87. The van der Waals surface area contributed by atoms with Crippen molar-refractivity contribution in [3.8, 4) is 5.75 Å². The van der Waals surface area contributed by atoms with E-state index in [0.717, 1.165) is 24.8 Å². The van der Waals surface area contributed by atoms with Gasteiger partial charge in [0.2, 0.25) is 0 Å². The van der Waals surface area contributed by atoms with Gasteiger partial charge < -0.3 is 4.74 Å². The van der Waals surface area contributed by atoms with E-state index in [1.807, 2.05) is 24.3 Å². The van der Waals surface area contributed by atoms with Crippen LogP contribution in [0, 0.1) is 0 Å². The van der Waals surface area contributed by atoms with Gasteiger partial charge in [-0.2, -0.15) is 0 Å². The van der Waals surface area contributed by atoms with Crippen LogP contribution in [0.2, 0.25) is 0 Å². The van der Waals surface area contributed by atoms with Crippen molar-refractivity contribution in [2.24, 2.45) is 0 Å². The summed E-state index contributed by atoms with van der Waals surface area (Å²) in [7, 11) is 1.61. The molecular weight excluding hydrogens is 224 g/mol. The van der Waals surface area contributed by atoms with Crippen LogP contribution < -0.4 is 4.74 Å². The number of carbonyl (C=O) groups excluding carboxylic acids is 1. The summed E-state index contributed by atoms with van der Waals surface area (Å²) >= 11 is 0. The van der Waals surface area contributed by atoms with Crippen LogP contribution in [0.25, 0.3) is 0 Å². The lowest BCUT2D eigenvalue weighted by Gasteiger charge is -2.12. The third-order valence-corrected chi connectivity index (χ3v) is 3.43. The van der Waals surface area contributed by atoms with Crippen molar-refractivity contribution >= 4 is 5.78 Å². The number of para-hydroxylation sites is 1. The summed E-state index contributed by atoms with van der Waals surface area (Å²) in [6, 6.07) is 7.47. The molecule has 96 valence electrons. The van der Waals surface area contributed by atoms with E-state index in [-0.39, 0.29) is 5.78 Å². The molecular formula is C16H20O2. The van der Waals surface area contributed by atoms with Crippen molar-refractivity contribution in [2.75, 3.05) is 7.11 Å². The van der Waals surface area contributed by atoms with E-state index in [1.165, 1.54) is 19.3 Å². The molecule has 0 saturated carbocycles. The molecule has 0 atom stereocenters. The average Bonchev–Trinajstić information content (AvgIpc) is 2.37. The molecule has 1 aliphatic rings. The first-order valence-corrected chi connectivity index (χ1v) is 6.69. The molecule has 1 aromatic carbocycles. The largest absolute Gasteiger partial charge is 0.496 e.